The molecule has 3 heterocycles. The van der Waals surface area contributed by atoms with Gasteiger partial charge < -0.3 is 20.5 Å². The molecule has 0 saturated heterocycles. The molecule has 8 heteroatoms. The van der Waals surface area contributed by atoms with Crippen LogP contribution in [0.3, 0.4) is 0 Å². The Bertz CT molecular complexity index is 1320. The lowest BCUT2D eigenvalue weighted by molar-refractivity contribution is -0.132. The predicted octanol–water partition coefficient (Wildman–Crippen LogP) is 3.79. The molecule has 3 N–H and O–H groups in total. The van der Waals surface area contributed by atoms with E-state index in [0.717, 1.165) is 39.9 Å². The second kappa shape index (κ2) is 10.0. The van der Waals surface area contributed by atoms with E-state index >= 15 is 0 Å². The standard InChI is InChI=1S/C28H32N4O3S/c1-4-16(2)29-26(33)22(13-14-36-3)31-27(34)23-15-20-17-9-7-8-12-21(17)30-24(20)25-18-10-5-6-11-19(18)28(35)32(23)25/h5-12,16,22-23,25,30H,4,13-15H2,1-3H3,(H,29,33)(H,31,34)/t16-,22-,23-,25+/m0/s1. The lowest BCUT2D eigenvalue weighted by Crippen LogP contribution is -2.57. The predicted molar refractivity (Wildman–Crippen MR) is 143 cm³/mol. The summed E-state index contributed by atoms with van der Waals surface area (Å²) < 4.78 is 0. The van der Waals surface area contributed by atoms with Crippen LogP contribution < -0.4 is 10.6 Å². The first-order valence-corrected chi connectivity index (χ1v) is 13.9. The summed E-state index contributed by atoms with van der Waals surface area (Å²) in [6.07, 6.45) is 3.71. The van der Waals surface area contributed by atoms with Crippen LogP contribution in [-0.2, 0) is 16.0 Å². The molecule has 7 nitrogen and oxygen atoms in total. The quantitative estimate of drug-likeness (QED) is 0.435. The zero-order valence-corrected chi connectivity index (χ0v) is 21.7. The van der Waals surface area contributed by atoms with Gasteiger partial charge in [-0.3, -0.25) is 14.4 Å². The molecule has 2 aromatic carbocycles. The minimum atomic E-state index is -0.713. The first-order chi connectivity index (χ1) is 17.4. The number of amides is 3. The van der Waals surface area contributed by atoms with Gasteiger partial charge in [-0.2, -0.15) is 11.8 Å². The number of aromatic amines is 1. The number of carbonyl (C=O) groups is 3. The number of hydrogen-bond donors (Lipinski definition) is 3. The lowest BCUT2D eigenvalue weighted by atomic mass is 9.89. The fourth-order valence-electron chi connectivity index (χ4n) is 5.36. The minimum Gasteiger partial charge on any atom is -0.356 e. The maximum Gasteiger partial charge on any atom is 0.255 e. The van der Waals surface area contributed by atoms with E-state index < -0.39 is 12.1 Å². The third kappa shape index (κ3) is 4.17. The second-order valence-corrected chi connectivity index (χ2v) is 10.6. The summed E-state index contributed by atoms with van der Waals surface area (Å²) in [6, 6.07) is 13.9. The van der Waals surface area contributed by atoms with Crippen LogP contribution in [0.4, 0.5) is 0 Å². The van der Waals surface area contributed by atoms with Crippen molar-refractivity contribution < 1.29 is 14.4 Å². The van der Waals surface area contributed by atoms with Crippen LogP contribution in [0.25, 0.3) is 10.9 Å². The van der Waals surface area contributed by atoms with Crippen molar-refractivity contribution in [2.24, 2.45) is 0 Å². The molecule has 0 unspecified atom stereocenters. The van der Waals surface area contributed by atoms with Gasteiger partial charge in [0.15, 0.2) is 0 Å². The van der Waals surface area contributed by atoms with E-state index in [0.29, 0.717) is 18.4 Å². The molecule has 0 aliphatic carbocycles. The van der Waals surface area contributed by atoms with Gasteiger partial charge in [0.25, 0.3) is 5.91 Å². The molecule has 2 aliphatic heterocycles. The van der Waals surface area contributed by atoms with Gasteiger partial charge >= 0.3 is 0 Å². The largest absolute Gasteiger partial charge is 0.356 e. The average molecular weight is 505 g/mol. The number of para-hydroxylation sites is 1. The van der Waals surface area contributed by atoms with Crippen molar-refractivity contribution in [2.45, 2.75) is 57.3 Å². The number of nitrogens with one attached hydrogen (secondary N) is 3. The van der Waals surface area contributed by atoms with E-state index in [1.165, 1.54) is 0 Å². The van der Waals surface area contributed by atoms with Crippen LogP contribution in [0.15, 0.2) is 48.5 Å². The number of benzene rings is 2. The molecule has 3 amide bonds. The Morgan fingerprint density at radius 1 is 1.14 bits per heavy atom. The van der Waals surface area contributed by atoms with Gasteiger partial charge in [-0.05, 0) is 55.0 Å². The number of rotatable bonds is 8. The molecular weight excluding hydrogens is 472 g/mol. The normalized spacial score (nSPS) is 19.9. The number of carbonyl (C=O) groups excluding carboxylic acids is 3. The smallest absolute Gasteiger partial charge is 0.255 e. The summed E-state index contributed by atoms with van der Waals surface area (Å²) in [5.74, 6) is 0.127. The Morgan fingerprint density at radius 2 is 1.89 bits per heavy atom. The van der Waals surface area contributed by atoms with E-state index in [1.807, 2.05) is 62.6 Å². The van der Waals surface area contributed by atoms with E-state index in [9.17, 15) is 14.4 Å². The molecule has 0 fully saturated rings. The Labute approximate surface area is 215 Å². The summed E-state index contributed by atoms with van der Waals surface area (Å²) in [5, 5.41) is 7.08. The van der Waals surface area contributed by atoms with Gasteiger partial charge in [-0.1, -0.05) is 43.3 Å². The average Bonchev–Trinajstić information content (AvgIpc) is 3.41. The fraction of sp³-hybridized carbons (Fsp3) is 0.393. The molecule has 36 heavy (non-hydrogen) atoms. The maximum atomic E-state index is 13.8. The third-order valence-corrected chi connectivity index (χ3v) is 8.04. The highest BCUT2D eigenvalue weighted by atomic mass is 32.2. The van der Waals surface area contributed by atoms with Crippen molar-refractivity contribution >= 4 is 40.4 Å². The van der Waals surface area contributed by atoms with E-state index in [2.05, 4.69) is 21.7 Å². The fourth-order valence-corrected chi connectivity index (χ4v) is 5.83. The van der Waals surface area contributed by atoms with Crippen molar-refractivity contribution in [1.82, 2.24) is 20.5 Å². The molecule has 5 rings (SSSR count). The van der Waals surface area contributed by atoms with Crippen molar-refractivity contribution in [1.29, 1.82) is 0 Å². The zero-order valence-electron chi connectivity index (χ0n) is 20.8. The molecule has 0 bridgehead atoms. The monoisotopic (exact) mass is 504 g/mol. The van der Waals surface area contributed by atoms with Crippen LogP contribution in [-0.4, -0.2) is 57.7 Å². The minimum absolute atomic E-state index is 0.0219. The summed E-state index contributed by atoms with van der Waals surface area (Å²) >= 11 is 1.64. The zero-order chi connectivity index (χ0) is 25.4. The van der Waals surface area contributed by atoms with Gasteiger partial charge in [0, 0.05) is 34.6 Å². The number of fused-ring (bicyclic) bond motifs is 7. The Hall–Kier alpha value is -3.26. The summed E-state index contributed by atoms with van der Waals surface area (Å²) in [5.41, 5.74) is 4.54. The highest BCUT2D eigenvalue weighted by Crippen LogP contribution is 2.46. The summed E-state index contributed by atoms with van der Waals surface area (Å²) in [6.45, 7) is 3.97. The molecule has 188 valence electrons. The number of nitrogens with zero attached hydrogens (tertiary/aromatic N) is 1. The van der Waals surface area contributed by atoms with Crippen molar-refractivity contribution in [3.05, 3.63) is 70.9 Å². The van der Waals surface area contributed by atoms with E-state index in [4.69, 9.17) is 0 Å². The Kier molecular flexibility index (Phi) is 6.79. The first kappa shape index (κ1) is 24.4. The van der Waals surface area contributed by atoms with Crippen LogP contribution in [0.1, 0.15) is 59.9 Å². The molecule has 1 aromatic heterocycles. The number of hydrogen-bond acceptors (Lipinski definition) is 4. The Morgan fingerprint density at radius 3 is 2.67 bits per heavy atom. The first-order valence-electron chi connectivity index (χ1n) is 12.5. The number of H-pyrrole nitrogens is 1. The van der Waals surface area contributed by atoms with Crippen LogP contribution in [0, 0.1) is 0 Å². The molecule has 0 spiro atoms. The second-order valence-electron chi connectivity index (χ2n) is 9.65. The highest BCUT2D eigenvalue weighted by Gasteiger charge is 2.49. The maximum absolute atomic E-state index is 13.8. The molecule has 3 aromatic rings. The number of aromatic nitrogens is 1. The Balaban J connectivity index is 1.51. The van der Waals surface area contributed by atoms with Gasteiger partial charge in [-0.15, -0.1) is 0 Å². The van der Waals surface area contributed by atoms with Gasteiger partial charge in [0.2, 0.25) is 11.8 Å². The molecule has 0 radical (unpaired) electrons. The molecular formula is C28H32N4O3S. The van der Waals surface area contributed by atoms with Gasteiger partial charge in [0.05, 0.1) is 6.04 Å². The topological polar surface area (TPSA) is 94.3 Å². The van der Waals surface area contributed by atoms with Crippen molar-refractivity contribution in [2.75, 3.05) is 12.0 Å². The van der Waals surface area contributed by atoms with E-state index in [1.54, 1.807) is 16.7 Å². The highest BCUT2D eigenvalue weighted by molar-refractivity contribution is 7.98. The summed E-state index contributed by atoms with van der Waals surface area (Å²) in [4.78, 5) is 45.7. The SMILES string of the molecule is CC[C@H](C)NC(=O)[C@H](CCSC)NC(=O)[C@@H]1Cc2c([nH]c3ccccc23)[C@H]2c3ccccc3C(=O)N21. The van der Waals surface area contributed by atoms with Gasteiger partial charge in [-0.25, -0.2) is 0 Å². The molecule has 4 atom stereocenters. The van der Waals surface area contributed by atoms with Crippen LogP contribution in [0.5, 0.6) is 0 Å². The molecule has 0 saturated carbocycles. The van der Waals surface area contributed by atoms with Crippen LogP contribution in [0.2, 0.25) is 0 Å². The third-order valence-electron chi connectivity index (χ3n) is 7.40. The lowest BCUT2D eigenvalue weighted by Gasteiger charge is -2.37. The van der Waals surface area contributed by atoms with Crippen molar-refractivity contribution in [3.63, 3.8) is 0 Å². The molecule has 2 aliphatic rings. The van der Waals surface area contributed by atoms with E-state index in [-0.39, 0.29) is 29.8 Å². The van der Waals surface area contributed by atoms with Crippen molar-refractivity contribution in [3.8, 4) is 0 Å². The van der Waals surface area contributed by atoms with Gasteiger partial charge in [0.1, 0.15) is 12.1 Å². The number of thioether (sulfide) groups is 1. The van der Waals surface area contributed by atoms with Crippen LogP contribution >= 0.6 is 11.8 Å². The summed E-state index contributed by atoms with van der Waals surface area (Å²) in [7, 11) is 0.